The van der Waals surface area contributed by atoms with Gasteiger partial charge in [0.25, 0.3) is 15.9 Å². The van der Waals surface area contributed by atoms with Gasteiger partial charge < -0.3 is 4.74 Å². The van der Waals surface area contributed by atoms with Crippen LogP contribution in [0.4, 0.5) is 10.8 Å². The van der Waals surface area contributed by atoms with Gasteiger partial charge in [0.2, 0.25) is 0 Å². The van der Waals surface area contributed by atoms with Crippen LogP contribution in [-0.4, -0.2) is 31.9 Å². The van der Waals surface area contributed by atoms with Gasteiger partial charge in [-0.3, -0.25) is 14.8 Å². The molecule has 0 aliphatic rings. The van der Waals surface area contributed by atoms with Crippen LogP contribution < -0.4 is 10.0 Å². The Morgan fingerprint density at radius 1 is 1.00 bits per heavy atom. The molecule has 1 amide bonds. The summed E-state index contributed by atoms with van der Waals surface area (Å²) in [5, 5.41) is 4.75. The molecule has 174 valence electrons. The van der Waals surface area contributed by atoms with Gasteiger partial charge in [0.15, 0.2) is 11.7 Å². The van der Waals surface area contributed by atoms with Crippen LogP contribution in [0.3, 0.4) is 0 Å². The number of anilines is 2. The molecular weight excluding hydrogens is 518 g/mol. The van der Waals surface area contributed by atoms with Gasteiger partial charge in [0.05, 0.1) is 21.3 Å². The summed E-state index contributed by atoms with van der Waals surface area (Å²) in [6.07, 6.45) is 0. The monoisotopic (exact) mass is 533 g/mol. The van der Waals surface area contributed by atoms with Crippen LogP contribution in [0, 0.1) is 0 Å². The summed E-state index contributed by atoms with van der Waals surface area (Å²) >= 11 is 7.95. The standard InChI is InChI=1S/C22H16ClN3O5S3/c23-18-10-11-20(33-18)34(29,30)26-16-9-5-4-8-15(16)21(28)31-12-19(27)25-22-24-17(13-32-22)14-6-2-1-3-7-14/h1-11,13,26H,12H2,(H,24,25,27). The van der Waals surface area contributed by atoms with Gasteiger partial charge in [-0.15, -0.1) is 22.7 Å². The van der Waals surface area contributed by atoms with Crippen molar-refractivity contribution in [2.45, 2.75) is 4.21 Å². The molecule has 12 heteroatoms. The normalized spacial score (nSPS) is 11.1. The number of nitrogens with one attached hydrogen (secondary N) is 2. The van der Waals surface area contributed by atoms with Crippen LogP contribution in [0.2, 0.25) is 4.34 Å². The van der Waals surface area contributed by atoms with Gasteiger partial charge in [0, 0.05) is 10.9 Å². The molecule has 34 heavy (non-hydrogen) atoms. The van der Waals surface area contributed by atoms with E-state index in [0.29, 0.717) is 15.2 Å². The topological polar surface area (TPSA) is 114 Å². The van der Waals surface area contributed by atoms with Gasteiger partial charge in [-0.25, -0.2) is 18.2 Å². The Labute approximate surface area is 208 Å². The van der Waals surface area contributed by atoms with Crippen molar-refractivity contribution in [3.8, 4) is 11.3 Å². The van der Waals surface area contributed by atoms with Crippen LogP contribution in [0.5, 0.6) is 0 Å². The molecule has 4 aromatic rings. The van der Waals surface area contributed by atoms with E-state index in [9.17, 15) is 18.0 Å². The Bertz CT molecular complexity index is 1430. The number of carbonyl (C=O) groups excluding carboxylic acids is 2. The third-order valence-electron chi connectivity index (χ3n) is 4.36. The number of thiazole rings is 1. The first-order valence-electron chi connectivity index (χ1n) is 9.67. The lowest BCUT2D eigenvalue weighted by atomic mass is 10.2. The Kier molecular flexibility index (Phi) is 7.27. The smallest absolute Gasteiger partial charge is 0.340 e. The maximum Gasteiger partial charge on any atom is 0.340 e. The molecule has 0 fully saturated rings. The Morgan fingerprint density at radius 3 is 2.47 bits per heavy atom. The van der Waals surface area contributed by atoms with Gasteiger partial charge in [-0.1, -0.05) is 54.1 Å². The maximum atomic E-state index is 12.6. The van der Waals surface area contributed by atoms with Crippen LogP contribution in [-0.2, 0) is 19.6 Å². The zero-order valence-electron chi connectivity index (χ0n) is 17.2. The molecule has 4 rings (SSSR count). The van der Waals surface area contributed by atoms with E-state index in [1.54, 1.807) is 17.5 Å². The Morgan fingerprint density at radius 2 is 1.74 bits per heavy atom. The number of carbonyl (C=O) groups is 2. The van der Waals surface area contributed by atoms with Crippen LogP contribution in [0.15, 0.2) is 76.3 Å². The number of rotatable bonds is 8. The van der Waals surface area contributed by atoms with Gasteiger partial charge in [-0.05, 0) is 24.3 Å². The number of hydrogen-bond donors (Lipinski definition) is 2. The van der Waals surface area contributed by atoms with E-state index in [1.165, 1.54) is 35.6 Å². The van der Waals surface area contributed by atoms with Crippen molar-refractivity contribution in [3.05, 3.63) is 82.0 Å². The number of nitrogens with zero attached hydrogens (tertiary/aromatic N) is 1. The Hall–Kier alpha value is -3.25. The molecule has 0 atom stereocenters. The fourth-order valence-electron chi connectivity index (χ4n) is 2.82. The molecule has 0 aliphatic heterocycles. The van der Waals surface area contributed by atoms with Gasteiger partial charge in [0.1, 0.15) is 4.21 Å². The highest BCUT2D eigenvalue weighted by atomic mass is 35.5. The minimum absolute atomic E-state index is 0.00151. The molecule has 2 aromatic heterocycles. The number of sulfonamides is 1. The quantitative estimate of drug-likeness (QED) is 0.304. The lowest BCUT2D eigenvalue weighted by Crippen LogP contribution is -2.22. The molecule has 2 N–H and O–H groups in total. The minimum Gasteiger partial charge on any atom is -0.452 e. The minimum atomic E-state index is -3.95. The molecule has 0 spiro atoms. The van der Waals surface area contributed by atoms with E-state index >= 15 is 0 Å². The number of benzene rings is 2. The van der Waals surface area contributed by atoms with Crippen LogP contribution in [0.1, 0.15) is 10.4 Å². The van der Waals surface area contributed by atoms with Crippen molar-refractivity contribution < 1.29 is 22.7 Å². The predicted molar refractivity (Wildman–Crippen MR) is 133 cm³/mol. The number of thiophene rings is 1. The number of amides is 1. The molecule has 0 saturated carbocycles. The molecule has 2 heterocycles. The molecule has 8 nitrogen and oxygen atoms in total. The molecule has 0 saturated heterocycles. The van der Waals surface area contributed by atoms with Crippen LogP contribution >= 0.6 is 34.3 Å². The third kappa shape index (κ3) is 5.81. The zero-order valence-corrected chi connectivity index (χ0v) is 20.4. The van der Waals surface area contributed by atoms with Crippen molar-refractivity contribution in [2.75, 3.05) is 16.6 Å². The van der Waals surface area contributed by atoms with Crippen molar-refractivity contribution >= 4 is 67.0 Å². The summed E-state index contributed by atoms with van der Waals surface area (Å²) in [5.74, 6) is -1.43. The second-order valence-corrected chi connectivity index (χ2v) is 11.2. The van der Waals surface area contributed by atoms with Crippen molar-refractivity contribution in [3.63, 3.8) is 0 Å². The summed E-state index contributed by atoms with van der Waals surface area (Å²) in [4.78, 5) is 29.2. The number of hydrogen-bond acceptors (Lipinski definition) is 8. The number of aromatic nitrogens is 1. The van der Waals surface area contributed by atoms with E-state index in [2.05, 4.69) is 15.0 Å². The van der Waals surface area contributed by atoms with Crippen molar-refractivity contribution in [1.82, 2.24) is 4.98 Å². The molecule has 0 bridgehead atoms. The summed E-state index contributed by atoms with van der Waals surface area (Å²) in [6, 6.07) is 18.2. The largest absolute Gasteiger partial charge is 0.452 e. The molecule has 0 radical (unpaired) electrons. The van der Waals surface area contributed by atoms with Crippen molar-refractivity contribution in [1.29, 1.82) is 0 Å². The summed E-state index contributed by atoms with van der Waals surface area (Å²) in [5.41, 5.74) is 1.60. The first-order valence-corrected chi connectivity index (χ1v) is 13.2. The average molecular weight is 534 g/mol. The highest BCUT2D eigenvalue weighted by molar-refractivity contribution is 7.94. The van der Waals surface area contributed by atoms with E-state index in [0.717, 1.165) is 16.9 Å². The summed E-state index contributed by atoms with van der Waals surface area (Å²) in [6.45, 7) is -0.569. The van der Waals surface area contributed by atoms with Gasteiger partial charge >= 0.3 is 5.97 Å². The maximum absolute atomic E-state index is 12.6. The molecule has 0 unspecified atom stereocenters. The summed E-state index contributed by atoms with van der Waals surface area (Å²) in [7, 11) is -3.95. The van der Waals surface area contributed by atoms with E-state index in [4.69, 9.17) is 16.3 Å². The van der Waals surface area contributed by atoms with Gasteiger partial charge in [-0.2, -0.15) is 0 Å². The second-order valence-electron chi connectivity index (χ2n) is 6.74. The average Bonchev–Trinajstić information content (AvgIpc) is 3.48. The third-order valence-corrected chi connectivity index (χ3v) is 8.21. The first-order chi connectivity index (χ1) is 16.3. The highest BCUT2D eigenvalue weighted by Crippen LogP contribution is 2.28. The first kappa shape index (κ1) is 23.9. The SMILES string of the molecule is O=C(COC(=O)c1ccccc1NS(=O)(=O)c1ccc(Cl)s1)Nc1nc(-c2ccccc2)cs1. The number of ether oxygens (including phenoxy) is 1. The summed E-state index contributed by atoms with van der Waals surface area (Å²) < 4.78 is 32.9. The molecule has 2 aromatic carbocycles. The fraction of sp³-hybridized carbons (Fsp3) is 0.0455. The number of esters is 1. The second kappa shape index (κ2) is 10.3. The molecular formula is C22H16ClN3O5S3. The molecule has 0 aliphatic carbocycles. The lowest BCUT2D eigenvalue weighted by molar-refractivity contribution is -0.119. The predicted octanol–water partition coefficient (Wildman–Crippen LogP) is 5.12. The highest BCUT2D eigenvalue weighted by Gasteiger charge is 2.21. The van der Waals surface area contributed by atoms with E-state index in [1.807, 2.05) is 30.3 Å². The number of halogens is 1. The fourth-order valence-corrected chi connectivity index (χ4v) is 6.12. The lowest BCUT2D eigenvalue weighted by Gasteiger charge is -2.11. The Balaban J connectivity index is 1.38. The van der Waals surface area contributed by atoms with Crippen LogP contribution in [0.25, 0.3) is 11.3 Å². The zero-order chi connectivity index (χ0) is 24.1. The van der Waals surface area contributed by atoms with Crippen molar-refractivity contribution in [2.24, 2.45) is 0 Å². The van der Waals surface area contributed by atoms with E-state index in [-0.39, 0.29) is 15.5 Å². The van der Waals surface area contributed by atoms with E-state index < -0.39 is 28.5 Å². The number of para-hydroxylation sites is 1.